The Hall–Kier alpha value is -2.59. The van der Waals surface area contributed by atoms with Crippen molar-refractivity contribution < 1.29 is 27.9 Å². The van der Waals surface area contributed by atoms with Crippen molar-refractivity contribution >= 4 is 29.1 Å². The Morgan fingerprint density at radius 1 is 1.29 bits per heavy atom. The van der Waals surface area contributed by atoms with E-state index in [1.165, 1.54) is 17.0 Å². The Morgan fingerprint density at radius 2 is 2.04 bits per heavy atom. The summed E-state index contributed by atoms with van der Waals surface area (Å²) in [7, 11) is 0. The monoisotopic (exact) mass is 396 g/mol. The maximum Gasteiger partial charge on any atom is 0.265 e. The van der Waals surface area contributed by atoms with Gasteiger partial charge in [-0.25, -0.2) is 8.78 Å². The molecule has 1 saturated heterocycles. The van der Waals surface area contributed by atoms with E-state index in [9.17, 15) is 23.2 Å². The number of carbonyl (C=O) groups is 3. The Morgan fingerprint density at radius 3 is 2.61 bits per heavy atom. The average Bonchev–Trinajstić information content (AvgIpc) is 2.61. The summed E-state index contributed by atoms with van der Waals surface area (Å²) in [5.74, 6) is -2.00. The molecule has 8 nitrogen and oxygen atoms in total. The van der Waals surface area contributed by atoms with Gasteiger partial charge in [0.25, 0.3) is 18.2 Å². The van der Waals surface area contributed by atoms with Crippen LogP contribution in [0.5, 0.6) is 0 Å². The van der Waals surface area contributed by atoms with Crippen molar-refractivity contribution in [3.63, 3.8) is 0 Å². The van der Waals surface area contributed by atoms with Crippen molar-refractivity contribution in [2.45, 2.75) is 37.8 Å². The van der Waals surface area contributed by atoms with Crippen molar-refractivity contribution in [1.29, 1.82) is 0 Å². The number of anilines is 2. The number of morpholine rings is 1. The second-order valence-corrected chi connectivity index (χ2v) is 6.79. The summed E-state index contributed by atoms with van der Waals surface area (Å²) >= 11 is 0. The minimum Gasteiger partial charge on any atom is -0.370 e. The maximum atomic E-state index is 13.6. The van der Waals surface area contributed by atoms with Gasteiger partial charge < -0.3 is 20.7 Å². The zero-order valence-electron chi connectivity index (χ0n) is 15.1. The van der Waals surface area contributed by atoms with Gasteiger partial charge in [0.2, 0.25) is 5.91 Å². The number of alkyl halides is 2. The number of amides is 3. The van der Waals surface area contributed by atoms with E-state index in [2.05, 4.69) is 10.6 Å². The van der Waals surface area contributed by atoms with Crippen LogP contribution in [0, 0.1) is 0 Å². The molecule has 1 aliphatic carbocycles. The molecular weight excluding hydrogens is 374 g/mol. The van der Waals surface area contributed by atoms with Gasteiger partial charge in [0.1, 0.15) is 6.61 Å². The van der Waals surface area contributed by atoms with Gasteiger partial charge in [-0.3, -0.25) is 19.7 Å². The van der Waals surface area contributed by atoms with Gasteiger partial charge in [0, 0.05) is 29.5 Å². The zero-order chi connectivity index (χ0) is 20.3. The van der Waals surface area contributed by atoms with E-state index in [0.29, 0.717) is 12.3 Å². The number of carbonyl (C=O) groups excluding carboxylic acids is 3. The molecule has 2 aliphatic rings. The van der Waals surface area contributed by atoms with Crippen LogP contribution in [-0.2, 0) is 19.1 Å². The number of rotatable bonds is 7. The Labute approximate surface area is 160 Å². The number of hydrogen-bond acceptors (Lipinski definition) is 5. The Kier molecular flexibility index (Phi) is 6.20. The first-order valence-electron chi connectivity index (χ1n) is 9.03. The molecule has 1 aliphatic heterocycles. The predicted octanol–water partition coefficient (Wildman–Crippen LogP) is 0.922. The highest BCUT2D eigenvalue weighted by molar-refractivity contribution is 6.10. The van der Waals surface area contributed by atoms with E-state index in [4.69, 9.17) is 10.5 Å². The van der Waals surface area contributed by atoms with E-state index in [-0.39, 0.29) is 30.8 Å². The number of nitrogens with one attached hydrogen (secondary N) is 2. The fourth-order valence-electron chi connectivity index (χ4n) is 3.11. The number of ether oxygens (including phenoxy) is 1. The molecule has 3 rings (SSSR count). The molecule has 1 atom stereocenters. The van der Waals surface area contributed by atoms with E-state index < -0.39 is 29.8 Å². The Balaban J connectivity index is 1.79. The third-order valence-corrected chi connectivity index (χ3v) is 4.88. The maximum absolute atomic E-state index is 13.6. The van der Waals surface area contributed by atoms with E-state index in [1.807, 2.05) is 0 Å². The summed E-state index contributed by atoms with van der Waals surface area (Å²) in [4.78, 5) is 37.3. The van der Waals surface area contributed by atoms with Gasteiger partial charge >= 0.3 is 0 Å². The second kappa shape index (κ2) is 8.61. The first-order valence-corrected chi connectivity index (χ1v) is 9.03. The number of nitrogens with zero attached hydrogens (tertiary/aromatic N) is 1. The predicted molar refractivity (Wildman–Crippen MR) is 97.0 cm³/mol. The van der Waals surface area contributed by atoms with Gasteiger partial charge in [0.05, 0.1) is 6.61 Å². The molecule has 28 heavy (non-hydrogen) atoms. The molecule has 0 radical (unpaired) electrons. The molecule has 1 heterocycles. The molecule has 3 amide bonds. The van der Waals surface area contributed by atoms with Crippen LogP contribution in [-0.4, -0.2) is 49.6 Å². The lowest BCUT2D eigenvalue weighted by molar-refractivity contribution is -0.128. The topological polar surface area (TPSA) is 114 Å². The minimum atomic E-state index is -2.89. The van der Waals surface area contributed by atoms with Gasteiger partial charge in [-0.1, -0.05) is 6.42 Å². The Bertz CT molecular complexity index is 770. The molecule has 1 aromatic rings. The van der Waals surface area contributed by atoms with Crippen molar-refractivity contribution in [3.05, 3.63) is 23.8 Å². The lowest BCUT2D eigenvalue weighted by Gasteiger charge is -2.30. The number of halogens is 2. The third-order valence-electron chi connectivity index (χ3n) is 4.88. The van der Waals surface area contributed by atoms with Crippen molar-refractivity contribution in [2.75, 3.05) is 30.0 Å². The summed E-state index contributed by atoms with van der Waals surface area (Å²) in [6.07, 6.45) is -0.261. The van der Waals surface area contributed by atoms with Crippen molar-refractivity contribution in [1.82, 2.24) is 5.32 Å². The van der Waals surface area contributed by atoms with E-state index in [1.54, 1.807) is 0 Å². The number of primary amides is 1. The molecule has 10 heteroatoms. The van der Waals surface area contributed by atoms with Crippen LogP contribution in [0.4, 0.5) is 20.2 Å². The second-order valence-electron chi connectivity index (χ2n) is 6.79. The van der Waals surface area contributed by atoms with Crippen LogP contribution < -0.4 is 21.3 Å². The fourth-order valence-corrected chi connectivity index (χ4v) is 3.11. The molecule has 2 fully saturated rings. The molecule has 0 unspecified atom stereocenters. The summed E-state index contributed by atoms with van der Waals surface area (Å²) in [6.45, 7) is 0.444. The normalized spacial score (nSPS) is 18.7. The first kappa shape index (κ1) is 20.2. The minimum absolute atomic E-state index is 0.00697. The van der Waals surface area contributed by atoms with Crippen LogP contribution in [0.15, 0.2) is 18.2 Å². The van der Waals surface area contributed by atoms with Crippen LogP contribution >= 0.6 is 0 Å². The quantitative estimate of drug-likeness (QED) is 0.593. The smallest absolute Gasteiger partial charge is 0.265 e. The number of hydrogen-bond donors (Lipinski definition) is 3. The highest BCUT2D eigenvalue weighted by Crippen LogP contribution is 2.32. The van der Waals surface area contributed by atoms with Crippen LogP contribution in [0.3, 0.4) is 0 Å². The number of benzene rings is 1. The fraction of sp³-hybridized carbons (Fsp3) is 0.500. The van der Waals surface area contributed by atoms with Crippen molar-refractivity contribution in [2.24, 2.45) is 5.73 Å². The highest BCUT2D eigenvalue weighted by atomic mass is 19.3. The largest absolute Gasteiger partial charge is 0.370 e. The van der Waals surface area contributed by atoms with Gasteiger partial charge in [-0.2, -0.15) is 0 Å². The lowest BCUT2D eigenvalue weighted by Crippen LogP contribution is -2.54. The summed E-state index contributed by atoms with van der Waals surface area (Å²) < 4.78 is 32.2. The first-order chi connectivity index (χ1) is 13.4. The van der Waals surface area contributed by atoms with Gasteiger partial charge in [-0.15, -0.1) is 0 Å². The molecule has 152 valence electrons. The van der Waals surface area contributed by atoms with E-state index >= 15 is 0 Å². The van der Waals surface area contributed by atoms with Crippen LogP contribution in [0.25, 0.3) is 0 Å². The molecule has 1 aromatic carbocycles. The van der Waals surface area contributed by atoms with E-state index in [0.717, 1.165) is 25.3 Å². The zero-order valence-corrected chi connectivity index (χ0v) is 15.1. The lowest BCUT2D eigenvalue weighted by atomic mass is 9.92. The third kappa shape index (κ3) is 4.45. The summed E-state index contributed by atoms with van der Waals surface area (Å²) in [5.41, 5.74) is 5.00. The van der Waals surface area contributed by atoms with Crippen LogP contribution in [0.1, 0.15) is 31.3 Å². The molecule has 0 aromatic heterocycles. The SMILES string of the molecule is NC(=O)[C@H](NC1CCC1)C(=O)Nc1ccc(N2CCOCC2=O)cc1C(F)F. The highest BCUT2D eigenvalue weighted by Gasteiger charge is 2.31. The average molecular weight is 396 g/mol. The standard InChI is InChI=1S/C18H22F2N4O4/c19-16(20)12-8-11(24-6-7-28-9-14(24)25)4-5-13(12)23-18(27)15(17(21)26)22-10-2-1-3-10/h4-5,8,10,15-16,22H,1-3,6-7,9H2,(H2,21,26)(H,23,27)/t15-/m0/s1. The molecule has 0 bridgehead atoms. The van der Waals surface area contributed by atoms with Crippen LogP contribution in [0.2, 0.25) is 0 Å². The van der Waals surface area contributed by atoms with Gasteiger partial charge in [-0.05, 0) is 31.0 Å². The molecular formula is C18H22F2N4O4. The van der Waals surface area contributed by atoms with Gasteiger partial charge in [0.15, 0.2) is 6.04 Å². The summed E-state index contributed by atoms with van der Waals surface area (Å²) in [6, 6.07) is 2.61. The molecule has 4 N–H and O–H groups in total. The molecule has 0 spiro atoms. The molecule has 1 saturated carbocycles. The van der Waals surface area contributed by atoms with Crippen molar-refractivity contribution in [3.8, 4) is 0 Å². The number of nitrogens with two attached hydrogens (primary N) is 1. The summed E-state index contributed by atoms with van der Waals surface area (Å²) in [5, 5.41) is 5.21.